The van der Waals surface area contributed by atoms with Gasteiger partial charge in [0.1, 0.15) is 0 Å². The predicted octanol–water partition coefficient (Wildman–Crippen LogP) is 2.70. The van der Waals surface area contributed by atoms with Gasteiger partial charge in [-0.1, -0.05) is 18.2 Å². The largest absolute Gasteiger partial charge is 0.369 e. The van der Waals surface area contributed by atoms with Crippen molar-refractivity contribution in [3.63, 3.8) is 0 Å². The molecular formula is C13H16N2S. The van der Waals surface area contributed by atoms with Crippen molar-refractivity contribution in [2.24, 2.45) is 0 Å². The summed E-state index contributed by atoms with van der Waals surface area (Å²) in [7, 11) is 2.21. The van der Waals surface area contributed by atoms with Crippen molar-refractivity contribution in [3.05, 3.63) is 29.6 Å². The summed E-state index contributed by atoms with van der Waals surface area (Å²) in [6, 6.07) is 9.31. The highest BCUT2D eigenvalue weighted by molar-refractivity contribution is 7.17. The van der Waals surface area contributed by atoms with E-state index in [4.69, 9.17) is 0 Å². The second-order valence-corrected chi connectivity index (χ2v) is 5.29. The van der Waals surface area contributed by atoms with Crippen LogP contribution in [0.5, 0.6) is 0 Å². The smallest absolute Gasteiger partial charge is 0.0555 e. The topological polar surface area (TPSA) is 15.3 Å². The zero-order valence-corrected chi connectivity index (χ0v) is 10.3. The van der Waals surface area contributed by atoms with Gasteiger partial charge >= 0.3 is 0 Å². The number of nitrogens with zero attached hydrogens (tertiary/aromatic N) is 1. The van der Waals surface area contributed by atoms with E-state index in [1.54, 1.807) is 0 Å². The van der Waals surface area contributed by atoms with Crippen LogP contribution in [0.4, 0.5) is 5.69 Å². The average Bonchev–Trinajstić information content (AvgIpc) is 2.98. The van der Waals surface area contributed by atoms with Gasteiger partial charge in [-0.05, 0) is 19.0 Å². The van der Waals surface area contributed by atoms with Gasteiger partial charge < -0.3 is 10.2 Å². The molecule has 1 atom stereocenters. The summed E-state index contributed by atoms with van der Waals surface area (Å²) >= 11 is 1.84. The number of anilines is 1. The Balaban J connectivity index is 1.98. The molecule has 1 aromatic heterocycles. The summed E-state index contributed by atoms with van der Waals surface area (Å²) < 4.78 is 1.38. The molecule has 1 aliphatic heterocycles. The van der Waals surface area contributed by atoms with Crippen LogP contribution in [-0.2, 0) is 0 Å². The minimum absolute atomic E-state index is 0.651. The summed E-state index contributed by atoms with van der Waals surface area (Å²) in [4.78, 5) is 2.43. The quantitative estimate of drug-likeness (QED) is 0.856. The summed E-state index contributed by atoms with van der Waals surface area (Å²) in [5.74, 6) is 0. The first-order valence-electron chi connectivity index (χ1n) is 5.76. The molecule has 0 radical (unpaired) electrons. The number of hydrogen-bond donors (Lipinski definition) is 1. The second kappa shape index (κ2) is 4.07. The number of likely N-dealkylation sites (N-methyl/N-ethyl adjacent to an activating group) is 1. The van der Waals surface area contributed by atoms with Crippen molar-refractivity contribution in [2.75, 3.05) is 25.0 Å². The molecule has 1 saturated heterocycles. The van der Waals surface area contributed by atoms with E-state index in [1.165, 1.54) is 22.2 Å². The van der Waals surface area contributed by atoms with Gasteiger partial charge in [-0.25, -0.2) is 0 Å². The highest BCUT2D eigenvalue weighted by Crippen LogP contribution is 2.33. The molecule has 0 spiro atoms. The van der Waals surface area contributed by atoms with Crippen LogP contribution in [0.2, 0.25) is 0 Å². The third kappa shape index (κ3) is 1.60. The van der Waals surface area contributed by atoms with Crippen molar-refractivity contribution in [2.45, 2.75) is 12.5 Å². The van der Waals surface area contributed by atoms with E-state index in [0.29, 0.717) is 6.04 Å². The van der Waals surface area contributed by atoms with Crippen LogP contribution < -0.4 is 10.2 Å². The van der Waals surface area contributed by atoms with Gasteiger partial charge in [0.25, 0.3) is 0 Å². The van der Waals surface area contributed by atoms with Crippen LogP contribution in [0, 0.1) is 0 Å². The molecule has 16 heavy (non-hydrogen) atoms. The Morgan fingerprint density at radius 3 is 3.06 bits per heavy atom. The van der Waals surface area contributed by atoms with Crippen LogP contribution in [0.3, 0.4) is 0 Å². The molecule has 84 valence electrons. The van der Waals surface area contributed by atoms with Gasteiger partial charge in [-0.15, -0.1) is 11.3 Å². The van der Waals surface area contributed by atoms with Crippen LogP contribution >= 0.6 is 11.3 Å². The van der Waals surface area contributed by atoms with Gasteiger partial charge in [0.2, 0.25) is 0 Å². The van der Waals surface area contributed by atoms with Crippen molar-refractivity contribution < 1.29 is 0 Å². The Hall–Kier alpha value is -1.06. The van der Waals surface area contributed by atoms with Crippen LogP contribution in [0.1, 0.15) is 6.42 Å². The Morgan fingerprint density at radius 1 is 1.38 bits per heavy atom. The summed E-state index contributed by atoms with van der Waals surface area (Å²) in [6.07, 6.45) is 1.25. The number of hydrogen-bond acceptors (Lipinski definition) is 3. The third-order valence-electron chi connectivity index (χ3n) is 3.42. The standard InChI is InChI=1S/C13H16N2S/c1-15(10-6-7-14-8-10)12-9-16-13-5-3-2-4-11(12)13/h2-5,9-10,14H,6-8H2,1H3. The minimum atomic E-state index is 0.651. The van der Waals surface area contributed by atoms with E-state index < -0.39 is 0 Å². The van der Waals surface area contributed by atoms with Gasteiger partial charge in [-0.3, -0.25) is 0 Å². The number of rotatable bonds is 2. The van der Waals surface area contributed by atoms with Crippen LogP contribution in [0.15, 0.2) is 29.6 Å². The number of thiophene rings is 1. The van der Waals surface area contributed by atoms with Crippen LogP contribution in [-0.4, -0.2) is 26.2 Å². The van der Waals surface area contributed by atoms with E-state index in [9.17, 15) is 0 Å². The average molecular weight is 232 g/mol. The monoisotopic (exact) mass is 232 g/mol. The third-order valence-corrected chi connectivity index (χ3v) is 4.37. The SMILES string of the molecule is CN(c1csc2ccccc12)C1CCNC1. The Morgan fingerprint density at radius 2 is 2.25 bits per heavy atom. The zero-order chi connectivity index (χ0) is 11.0. The summed E-state index contributed by atoms with van der Waals surface area (Å²) in [5.41, 5.74) is 1.38. The molecule has 2 nitrogen and oxygen atoms in total. The van der Waals surface area contributed by atoms with Crippen molar-refractivity contribution in [1.29, 1.82) is 0 Å². The fourth-order valence-electron chi connectivity index (χ4n) is 2.40. The molecular weight excluding hydrogens is 216 g/mol. The zero-order valence-electron chi connectivity index (χ0n) is 9.44. The van der Waals surface area contributed by atoms with Crippen molar-refractivity contribution in [1.82, 2.24) is 5.32 Å². The first-order chi connectivity index (χ1) is 7.86. The molecule has 0 aliphatic carbocycles. The molecule has 2 aromatic rings. The molecule has 1 unspecified atom stereocenters. The molecule has 0 amide bonds. The Labute approximate surface area is 99.9 Å². The minimum Gasteiger partial charge on any atom is -0.369 e. The first kappa shape index (κ1) is 10.1. The fraction of sp³-hybridized carbons (Fsp3) is 0.385. The van der Waals surface area contributed by atoms with Crippen molar-refractivity contribution >= 4 is 27.1 Å². The molecule has 0 bridgehead atoms. The van der Waals surface area contributed by atoms with Crippen LogP contribution in [0.25, 0.3) is 10.1 Å². The van der Waals surface area contributed by atoms with Gasteiger partial charge in [0, 0.05) is 35.1 Å². The second-order valence-electron chi connectivity index (χ2n) is 4.37. The van der Waals surface area contributed by atoms with Gasteiger partial charge in [-0.2, -0.15) is 0 Å². The van der Waals surface area contributed by atoms with Crippen molar-refractivity contribution in [3.8, 4) is 0 Å². The maximum absolute atomic E-state index is 3.42. The lowest BCUT2D eigenvalue weighted by molar-refractivity contribution is 0.688. The lowest BCUT2D eigenvalue weighted by Crippen LogP contribution is -2.33. The first-order valence-corrected chi connectivity index (χ1v) is 6.64. The highest BCUT2D eigenvalue weighted by Gasteiger charge is 2.21. The molecule has 1 N–H and O–H groups in total. The fourth-order valence-corrected chi connectivity index (χ4v) is 3.39. The van der Waals surface area contributed by atoms with Gasteiger partial charge in [0.15, 0.2) is 0 Å². The maximum Gasteiger partial charge on any atom is 0.0555 e. The molecule has 3 heteroatoms. The van der Waals surface area contributed by atoms with E-state index in [-0.39, 0.29) is 0 Å². The molecule has 1 aromatic carbocycles. The highest BCUT2D eigenvalue weighted by atomic mass is 32.1. The van der Waals surface area contributed by atoms with E-state index in [2.05, 4.69) is 46.9 Å². The molecule has 1 aliphatic rings. The molecule has 3 rings (SSSR count). The van der Waals surface area contributed by atoms with E-state index in [0.717, 1.165) is 13.1 Å². The lowest BCUT2D eigenvalue weighted by Gasteiger charge is -2.25. The predicted molar refractivity (Wildman–Crippen MR) is 71.5 cm³/mol. The molecule has 1 fully saturated rings. The van der Waals surface area contributed by atoms with E-state index in [1.807, 2.05) is 11.3 Å². The normalized spacial score (nSPS) is 20.4. The lowest BCUT2D eigenvalue weighted by atomic mass is 10.2. The Bertz CT molecular complexity index is 485. The molecule has 2 heterocycles. The number of benzene rings is 1. The number of fused-ring (bicyclic) bond motifs is 1. The van der Waals surface area contributed by atoms with E-state index >= 15 is 0 Å². The van der Waals surface area contributed by atoms with Gasteiger partial charge in [0.05, 0.1) is 5.69 Å². The number of nitrogens with one attached hydrogen (secondary N) is 1. The Kier molecular flexibility index (Phi) is 2.58. The summed E-state index contributed by atoms with van der Waals surface area (Å²) in [6.45, 7) is 2.26. The molecule has 0 saturated carbocycles. The summed E-state index contributed by atoms with van der Waals surface area (Å²) in [5, 5.41) is 7.10. The maximum atomic E-state index is 3.42.